The van der Waals surface area contributed by atoms with Crippen LogP contribution in [0.25, 0.3) is 0 Å². The highest BCUT2D eigenvalue weighted by atomic mass is 19.2. The molecule has 4 nitrogen and oxygen atoms in total. The van der Waals surface area contributed by atoms with Crippen molar-refractivity contribution in [3.8, 4) is 0 Å². The molecule has 0 spiro atoms. The second kappa shape index (κ2) is 8.15. The third-order valence-electron chi connectivity index (χ3n) is 4.27. The van der Waals surface area contributed by atoms with Gasteiger partial charge in [0.25, 0.3) is 0 Å². The van der Waals surface area contributed by atoms with Gasteiger partial charge in [0.1, 0.15) is 0 Å². The lowest BCUT2D eigenvalue weighted by Crippen LogP contribution is -2.40. The Bertz CT molecular complexity index is 570. The van der Waals surface area contributed by atoms with Crippen molar-refractivity contribution in [2.75, 3.05) is 26.7 Å². The molecule has 1 aromatic rings. The monoisotopic (exact) mass is 324 g/mol. The van der Waals surface area contributed by atoms with Gasteiger partial charge in [-0.2, -0.15) is 0 Å². The minimum absolute atomic E-state index is 0.0142. The van der Waals surface area contributed by atoms with Crippen LogP contribution >= 0.6 is 0 Å². The van der Waals surface area contributed by atoms with Gasteiger partial charge in [-0.1, -0.05) is 0 Å². The minimum Gasteiger partial charge on any atom is -0.343 e. The molecular formula is C17H22F2N2O2. The number of amides is 1. The Labute approximate surface area is 134 Å². The lowest BCUT2D eigenvalue weighted by atomic mass is 9.96. The van der Waals surface area contributed by atoms with Crippen molar-refractivity contribution < 1.29 is 18.4 Å². The molecule has 0 unspecified atom stereocenters. The zero-order valence-electron chi connectivity index (χ0n) is 13.3. The van der Waals surface area contributed by atoms with Crippen LogP contribution in [0.15, 0.2) is 18.2 Å². The van der Waals surface area contributed by atoms with E-state index >= 15 is 0 Å². The number of hydrogen-bond acceptors (Lipinski definition) is 3. The van der Waals surface area contributed by atoms with E-state index in [1.165, 1.54) is 6.07 Å². The van der Waals surface area contributed by atoms with Gasteiger partial charge in [0.2, 0.25) is 5.91 Å². The number of benzene rings is 1. The number of likely N-dealkylation sites (tertiary alicyclic amines) is 1. The maximum absolute atomic E-state index is 13.1. The molecule has 1 aliphatic rings. The number of carbonyl (C=O) groups is 2. The lowest BCUT2D eigenvalue weighted by Gasteiger charge is -2.32. The number of nitrogens with one attached hydrogen (secondary N) is 1. The molecule has 0 bridgehead atoms. The van der Waals surface area contributed by atoms with Crippen molar-refractivity contribution in [1.82, 2.24) is 10.2 Å². The Hall–Kier alpha value is -1.82. The van der Waals surface area contributed by atoms with Gasteiger partial charge in [-0.3, -0.25) is 9.59 Å². The van der Waals surface area contributed by atoms with Gasteiger partial charge in [0, 0.05) is 31.5 Å². The summed E-state index contributed by atoms with van der Waals surface area (Å²) in [7, 11) is 1.92. The van der Waals surface area contributed by atoms with Gasteiger partial charge in [0.15, 0.2) is 17.4 Å². The number of Topliss-reactive ketones (excluding diaryl/α,β-unsaturated/α-hetero) is 1. The average molecular weight is 324 g/mol. The van der Waals surface area contributed by atoms with Gasteiger partial charge in [0.05, 0.1) is 0 Å². The van der Waals surface area contributed by atoms with Crippen LogP contribution in [0.1, 0.15) is 36.0 Å². The minimum atomic E-state index is -1.05. The fourth-order valence-electron chi connectivity index (χ4n) is 2.87. The molecule has 1 saturated heterocycles. The molecule has 1 aromatic carbocycles. The Kier molecular flexibility index (Phi) is 6.21. The predicted molar refractivity (Wildman–Crippen MR) is 83.2 cm³/mol. The first kappa shape index (κ1) is 17.5. The zero-order valence-corrected chi connectivity index (χ0v) is 13.3. The molecular weight excluding hydrogens is 302 g/mol. The van der Waals surface area contributed by atoms with Crippen molar-refractivity contribution in [3.05, 3.63) is 35.4 Å². The summed E-state index contributed by atoms with van der Waals surface area (Å²) in [5, 5.41) is 3.14. The van der Waals surface area contributed by atoms with Crippen LogP contribution in [0.5, 0.6) is 0 Å². The molecule has 0 aliphatic carbocycles. The number of ketones is 1. The Morgan fingerprint density at radius 2 is 1.87 bits per heavy atom. The number of piperidine rings is 1. The van der Waals surface area contributed by atoms with Crippen molar-refractivity contribution >= 4 is 11.7 Å². The van der Waals surface area contributed by atoms with Crippen molar-refractivity contribution in [2.24, 2.45) is 5.92 Å². The number of nitrogens with zero attached hydrogens (tertiary/aromatic N) is 1. The van der Waals surface area contributed by atoms with Crippen molar-refractivity contribution in [3.63, 3.8) is 0 Å². The van der Waals surface area contributed by atoms with Crippen LogP contribution in [0, 0.1) is 17.6 Å². The first-order chi connectivity index (χ1) is 11.0. The topological polar surface area (TPSA) is 49.4 Å². The van der Waals surface area contributed by atoms with E-state index < -0.39 is 11.6 Å². The molecule has 1 aliphatic heterocycles. The Balaban J connectivity index is 1.80. The standard InChI is InChI=1S/C17H22F2N2O2/c1-20-11-12-6-8-21(9-7-12)17(23)5-4-16(22)13-2-3-14(18)15(19)10-13/h2-3,10,12,20H,4-9,11H2,1H3. The van der Waals surface area contributed by atoms with Gasteiger partial charge in [-0.15, -0.1) is 0 Å². The average Bonchev–Trinajstić information content (AvgIpc) is 2.56. The third-order valence-corrected chi connectivity index (χ3v) is 4.27. The van der Waals surface area contributed by atoms with Gasteiger partial charge >= 0.3 is 0 Å². The molecule has 1 heterocycles. The summed E-state index contributed by atoms with van der Waals surface area (Å²) >= 11 is 0. The molecule has 23 heavy (non-hydrogen) atoms. The van der Waals surface area contributed by atoms with Crippen LogP contribution in [0.3, 0.4) is 0 Å². The Morgan fingerprint density at radius 3 is 2.48 bits per heavy atom. The second-order valence-corrected chi connectivity index (χ2v) is 5.93. The molecule has 1 fully saturated rings. The molecule has 126 valence electrons. The van der Waals surface area contributed by atoms with E-state index in [1.807, 2.05) is 7.05 Å². The zero-order chi connectivity index (χ0) is 16.8. The molecule has 1 N–H and O–H groups in total. The maximum atomic E-state index is 13.1. The Morgan fingerprint density at radius 1 is 1.17 bits per heavy atom. The van der Waals surface area contributed by atoms with Crippen LogP contribution in [-0.4, -0.2) is 43.3 Å². The molecule has 2 rings (SSSR count). The summed E-state index contributed by atoms with van der Waals surface area (Å²) in [6.07, 6.45) is 2.04. The highest BCUT2D eigenvalue weighted by Crippen LogP contribution is 2.18. The predicted octanol–water partition coefficient (Wildman–Crippen LogP) is 2.39. The van der Waals surface area contributed by atoms with E-state index in [0.717, 1.165) is 31.5 Å². The summed E-state index contributed by atoms with van der Waals surface area (Å²) in [5.41, 5.74) is 0.101. The molecule has 0 atom stereocenters. The van der Waals surface area contributed by atoms with Crippen molar-refractivity contribution in [2.45, 2.75) is 25.7 Å². The van der Waals surface area contributed by atoms with Crippen LogP contribution < -0.4 is 5.32 Å². The maximum Gasteiger partial charge on any atom is 0.223 e. The van der Waals surface area contributed by atoms with E-state index in [-0.39, 0.29) is 30.1 Å². The number of halogens is 2. The fourth-order valence-corrected chi connectivity index (χ4v) is 2.87. The summed E-state index contributed by atoms with van der Waals surface area (Å²) in [4.78, 5) is 25.9. The number of hydrogen-bond donors (Lipinski definition) is 1. The highest BCUT2D eigenvalue weighted by molar-refractivity contribution is 5.97. The SMILES string of the molecule is CNCC1CCN(C(=O)CCC(=O)c2ccc(F)c(F)c2)CC1. The van der Waals surface area contributed by atoms with E-state index in [9.17, 15) is 18.4 Å². The first-order valence-corrected chi connectivity index (χ1v) is 7.92. The largest absolute Gasteiger partial charge is 0.343 e. The van der Waals surface area contributed by atoms with E-state index in [4.69, 9.17) is 0 Å². The van der Waals surface area contributed by atoms with Crippen LogP contribution in [0.4, 0.5) is 8.78 Å². The van der Waals surface area contributed by atoms with E-state index in [2.05, 4.69) is 5.32 Å². The normalized spacial score (nSPS) is 15.7. The highest BCUT2D eigenvalue weighted by Gasteiger charge is 2.22. The summed E-state index contributed by atoms with van der Waals surface area (Å²) < 4.78 is 26.0. The molecule has 6 heteroatoms. The lowest BCUT2D eigenvalue weighted by molar-refractivity contribution is -0.132. The van der Waals surface area contributed by atoms with Gasteiger partial charge < -0.3 is 10.2 Å². The smallest absolute Gasteiger partial charge is 0.223 e. The third kappa shape index (κ3) is 4.82. The fraction of sp³-hybridized carbons (Fsp3) is 0.529. The summed E-state index contributed by atoms with van der Waals surface area (Å²) in [5.74, 6) is -1.84. The van der Waals surface area contributed by atoms with E-state index in [1.54, 1.807) is 4.90 Å². The van der Waals surface area contributed by atoms with Gasteiger partial charge in [-0.25, -0.2) is 8.78 Å². The van der Waals surface area contributed by atoms with Gasteiger partial charge in [-0.05, 0) is 50.6 Å². The quantitative estimate of drug-likeness (QED) is 0.818. The molecule has 0 saturated carbocycles. The van der Waals surface area contributed by atoms with Crippen LogP contribution in [0.2, 0.25) is 0 Å². The van der Waals surface area contributed by atoms with Crippen molar-refractivity contribution in [1.29, 1.82) is 0 Å². The summed E-state index contributed by atoms with van der Waals surface area (Å²) in [6.45, 7) is 2.38. The first-order valence-electron chi connectivity index (χ1n) is 7.92. The summed E-state index contributed by atoms with van der Waals surface area (Å²) in [6, 6.07) is 3.05. The molecule has 0 radical (unpaired) electrons. The number of rotatable bonds is 6. The molecule has 1 amide bonds. The second-order valence-electron chi connectivity index (χ2n) is 5.93. The van der Waals surface area contributed by atoms with Crippen LogP contribution in [-0.2, 0) is 4.79 Å². The number of carbonyl (C=O) groups excluding carboxylic acids is 2. The van der Waals surface area contributed by atoms with E-state index in [0.29, 0.717) is 19.0 Å². The molecule has 0 aromatic heterocycles.